The zero-order chi connectivity index (χ0) is 29.0. The van der Waals surface area contributed by atoms with Crippen LogP contribution in [-0.4, -0.2) is 35.4 Å². The third-order valence-electron chi connectivity index (χ3n) is 7.60. The summed E-state index contributed by atoms with van der Waals surface area (Å²) in [6.45, 7) is 6.46. The number of hydrogen-bond donors (Lipinski definition) is 0. The summed E-state index contributed by atoms with van der Waals surface area (Å²) in [5.74, 6) is 3.68. The first-order valence-corrected chi connectivity index (χ1v) is 16.1. The first kappa shape index (κ1) is 30.6. The van der Waals surface area contributed by atoms with Crippen LogP contribution in [0.5, 0.6) is 11.5 Å². The summed E-state index contributed by atoms with van der Waals surface area (Å²) < 4.78 is 28.6. The van der Waals surface area contributed by atoms with Gasteiger partial charge in [0, 0.05) is 28.7 Å². The summed E-state index contributed by atoms with van der Waals surface area (Å²) in [6.07, 6.45) is 8.00. The predicted octanol–water partition coefficient (Wildman–Crippen LogP) is 7.26. The number of esters is 1. The molecule has 1 saturated heterocycles. The molecular weight excluding hydrogens is 532 g/mol. The van der Waals surface area contributed by atoms with Gasteiger partial charge >= 0.3 is 5.97 Å². The Labute approximate surface area is 247 Å². The maximum absolute atomic E-state index is 11.6. The molecule has 0 aromatic heterocycles. The molecule has 5 rings (SSSR count). The molecule has 0 N–H and O–H groups in total. The third kappa shape index (κ3) is 9.06. The van der Waals surface area contributed by atoms with E-state index in [0.717, 1.165) is 66.2 Å². The number of rotatable bonds is 9. The van der Waals surface area contributed by atoms with Gasteiger partial charge in [-0.05, 0) is 115 Å². The fraction of sp³-hybridized carbons (Fsp3) is 0.400. The molecule has 41 heavy (non-hydrogen) atoms. The SMILES string of the molecule is C=CC.COC(=O)CCc1ccc(OCc2ccc3c(c2)-c2ccc(OCC4CCS(=O)CC4)cc2CCC3)cc1. The van der Waals surface area contributed by atoms with Gasteiger partial charge in [0.2, 0.25) is 0 Å². The van der Waals surface area contributed by atoms with Crippen LogP contribution in [0.15, 0.2) is 73.3 Å². The maximum Gasteiger partial charge on any atom is 0.305 e. The summed E-state index contributed by atoms with van der Waals surface area (Å²) in [5, 5.41) is 0. The van der Waals surface area contributed by atoms with E-state index < -0.39 is 10.8 Å². The quantitative estimate of drug-likeness (QED) is 0.199. The molecule has 0 unspecified atom stereocenters. The smallest absolute Gasteiger partial charge is 0.305 e. The zero-order valence-corrected chi connectivity index (χ0v) is 25.2. The van der Waals surface area contributed by atoms with E-state index in [2.05, 4.69) is 43.0 Å². The van der Waals surface area contributed by atoms with E-state index in [0.29, 0.717) is 32.0 Å². The van der Waals surface area contributed by atoms with E-state index >= 15 is 0 Å². The lowest BCUT2D eigenvalue weighted by Crippen LogP contribution is -2.23. The molecule has 0 atom stereocenters. The zero-order valence-electron chi connectivity index (χ0n) is 24.4. The van der Waals surface area contributed by atoms with Gasteiger partial charge in [-0.25, -0.2) is 0 Å². The van der Waals surface area contributed by atoms with Crippen molar-refractivity contribution < 1.29 is 23.2 Å². The van der Waals surface area contributed by atoms with Crippen LogP contribution in [0.4, 0.5) is 0 Å². The van der Waals surface area contributed by atoms with Crippen molar-refractivity contribution in [1.29, 1.82) is 0 Å². The minimum absolute atomic E-state index is 0.196. The summed E-state index contributed by atoms with van der Waals surface area (Å²) in [6, 6.07) is 21.1. The molecule has 0 amide bonds. The molecule has 0 radical (unpaired) electrons. The number of benzene rings is 3. The Hall–Kier alpha value is -3.38. The monoisotopic (exact) mass is 574 g/mol. The third-order valence-corrected chi connectivity index (χ3v) is 8.98. The largest absolute Gasteiger partial charge is 0.493 e. The Morgan fingerprint density at radius 3 is 2.32 bits per heavy atom. The number of aryl methyl sites for hydroxylation is 3. The summed E-state index contributed by atoms with van der Waals surface area (Å²) in [7, 11) is 0.783. The highest BCUT2D eigenvalue weighted by molar-refractivity contribution is 7.85. The van der Waals surface area contributed by atoms with Crippen molar-refractivity contribution in [2.75, 3.05) is 25.2 Å². The van der Waals surface area contributed by atoms with Gasteiger partial charge in [0.25, 0.3) is 0 Å². The molecule has 0 saturated carbocycles. The fourth-order valence-corrected chi connectivity index (χ4v) is 6.67. The molecule has 1 aliphatic heterocycles. The van der Waals surface area contributed by atoms with Gasteiger partial charge in [0.05, 0.1) is 13.7 Å². The number of carbonyl (C=O) groups excluding carboxylic acids is 1. The number of allylic oxidation sites excluding steroid dienone is 1. The second kappa shape index (κ2) is 15.6. The molecule has 2 aliphatic rings. The van der Waals surface area contributed by atoms with Crippen molar-refractivity contribution in [3.8, 4) is 22.6 Å². The Kier molecular flexibility index (Phi) is 11.6. The van der Waals surface area contributed by atoms with Crippen LogP contribution in [-0.2, 0) is 46.2 Å². The van der Waals surface area contributed by atoms with Gasteiger partial charge in [-0.3, -0.25) is 9.00 Å². The molecule has 3 aromatic carbocycles. The number of hydrogen-bond acceptors (Lipinski definition) is 5. The second-order valence-electron chi connectivity index (χ2n) is 10.7. The van der Waals surface area contributed by atoms with Crippen LogP contribution in [0.25, 0.3) is 11.1 Å². The lowest BCUT2D eigenvalue weighted by atomic mass is 9.95. The second-order valence-corrected chi connectivity index (χ2v) is 12.4. The van der Waals surface area contributed by atoms with E-state index in [4.69, 9.17) is 14.2 Å². The number of ether oxygens (including phenoxy) is 3. The minimum atomic E-state index is -0.631. The first-order chi connectivity index (χ1) is 20.0. The van der Waals surface area contributed by atoms with Crippen molar-refractivity contribution in [3.63, 3.8) is 0 Å². The summed E-state index contributed by atoms with van der Waals surface area (Å²) in [4.78, 5) is 11.4. The summed E-state index contributed by atoms with van der Waals surface area (Å²) in [5.41, 5.74) is 7.52. The first-order valence-electron chi connectivity index (χ1n) is 14.6. The standard InChI is InChI=1S/C32H36O5S.C3H6/c1-35-32(33)14-8-23-6-10-28(11-7-23)36-22-25-5-9-26-3-2-4-27-20-29(12-13-30(27)31(26)19-25)37-21-24-15-17-38(34)18-16-24;1-3-2/h5-7,9-13,19-20,24H,2-4,8,14-18,21-22H2,1H3;3H,1H2,2H3. The molecule has 218 valence electrons. The Bertz CT molecular complexity index is 1320. The average Bonchev–Trinajstić information content (AvgIpc) is 3.18. The Balaban J connectivity index is 0.00000124. The van der Waals surface area contributed by atoms with Crippen molar-refractivity contribution in [2.24, 2.45) is 5.92 Å². The molecule has 1 fully saturated rings. The number of fused-ring (bicyclic) bond motifs is 3. The van der Waals surface area contributed by atoms with Crippen molar-refractivity contribution in [3.05, 3.63) is 95.6 Å². The molecule has 3 aromatic rings. The van der Waals surface area contributed by atoms with Crippen molar-refractivity contribution in [2.45, 2.75) is 58.5 Å². The minimum Gasteiger partial charge on any atom is -0.493 e. The molecular formula is C35H42O5S. The van der Waals surface area contributed by atoms with Gasteiger partial charge in [0.15, 0.2) is 0 Å². The highest BCUT2D eigenvalue weighted by Gasteiger charge is 2.20. The van der Waals surface area contributed by atoms with Crippen LogP contribution in [0.2, 0.25) is 0 Å². The van der Waals surface area contributed by atoms with Gasteiger partial charge in [0.1, 0.15) is 18.1 Å². The Morgan fingerprint density at radius 1 is 0.902 bits per heavy atom. The van der Waals surface area contributed by atoms with Gasteiger partial charge in [-0.15, -0.1) is 6.58 Å². The number of carbonyl (C=O) groups is 1. The van der Waals surface area contributed by atoms with E-state index in [1.807, 2.05) is 31.2 Å². The normalized spacial score (nSPS) is 17.5. The van der Waals surface area contributed by atoms with Crippen molar-refractivity contribution >= 4 is 16.8 Å². The van der Waals surface area contributed by atoms with Crippen LogP contribution >= 0.6 is 0 Å². The maximum atomic E-state index is 11.6. The molecule has 0 spiro atoms. The molecule has 0 bridgehead atoms. The topological polar surface area (TPSA) is 61.8 Å². The fourth-order valence-electron chi connectivity index (χ4n) is 5.27. The van der Waals surface area contributed by atoms with Crippen LogP contribution < -0.4 is 9.47 Å². The lowest BCUT2D eigenvalue weighted by molar-refractivity contribution is -0.140. The van der Waals surface area contributed by atoms with Crippen molar-refractivity contribution in [1.82, 2.24) is 0 Å². The van der Waals surface area contributed by atoms with Crippen LogP contribution in [0.3, 0.4) is 0 Å². The van der Waals surface area contributed by atoms with Gasteiger partial charge < -0.3 is 14.2 Å². The highest BCUT2D eigenvalue weighted by atomic mass is 32.2. The van der Waals surface area contributed by atoms with E-state index in [-0.39, 0.29) is 5.97 Å². The van der Waals surface area contributed by atoms with Gasteiger partial charge in [-0.1, -0.05) is 36.4 Å². The Morgan fingerprint density at radius 2 is 1.59 bits per heavy atom. The van der Waals surface area contributed by atoms with Gasteiger partial charge in [-0.2, -0.15) is 0 Å². The molecule has 1 aliphatic carbocycles. The summed E-state index contributed by atoms with van der Waals surface area (Å²) >= 11 is 0. The predicted molar refractivity (Wildman–Crippen MR) is 167 cm³/mol. The van der Waals surface area contributed by atoms with E-state index in [9.17, 15) is 9.00 Å². The van der Waals surface area contributed by atoms with E-state index in [1.165, 1.54) is 29.4 Å². The van der Waals surface area contributed by atoms with E-state index in [1.54, 1.807) is 6.08 Å². The lowest BCUT2D eigenvalue weighted by Gasteiger charge is -2.22. The molecule has 6 heteroatoms. The number of methoxy groups -OCH3 is 1. The van der Waals surface area contributed by atoms with Crippen LogP contribution in [0, 0.1) is 5.92 Å². The van der Waals surface area contributed by atoms with Crippen LogP contribution in [0.1, 0.15) is 54.9 Å². The molecule has 5 nitrogen and oxygen atoms in total. The highest BCUT2D eigenvalue weighted by Crippen LogP contribution is 2.35. The average molecular weight is 575 g/mol. The molecule has 1 heterocycles.